The lowest BCUT2D eigenvalue weighted by Gasteiger charge is -2.36. The predicted octanol–water partition coefficient (Wildman–Crippen LogP) is 3.46. The quantitative estimate of drug-likeness (QED) is 0.725. The minimum absolute atomic E-state index is 0.0932. The summed E-state index contributed by atoms with van der Waals surface area (Å²) in [5, 5.41) is 3.02. The number of aryl methyl sites for hydroxylation is 1. The molecule has 0 aliphatic carbocycles. The lowest BCUT2D eigenvalue weighted by Crippen LogP contribution is -2.48. The Balaban J connectivity index is 1.32. The van der Waals surface area contributed by atoms with E-state index in [0.29, 0.717) is 13.0 Å². The van der Waals surface area contributed by atoms with E-state index >= 15 is 0 Å². The molecule has 0 unspecified atom stereocenters. The third-order valence-corrected chi connectivity index (χ3v) is 5.67. The van der Waals surface area contributed by atoms with Crippen LogP contribution in [0.2, 0.25) is 0 Å². The summed E-state index contributed by atoms with van der Waals surface area (Å²) >= 11 is 3.52. The van der Waals surface area contributed by atoms with E-state index in [-0.39, 0.29) is 11.7 Å². The second-order valence-corrected chi connectivity index (χ2v) is 7.60. The third-order valence-electron chi connectivity index (χ3n) is 4.89. The van der Waals surface area contributed by atoms with E-state index in [1.165, 1.54) is 12.1 Å². The van der Waals surface area contributed by atoms with Crippen LogP contribution < -0.4 is 10.2 Å². The van der Waals surface area contributed by atoms with Crippen LogP contribution in [0.3, 0.4) is 0 Å². The minimum Gasteiger partial charge on any atom is -0.369 e. The fourth-order valence-corrected chi connectivity index (χ4v) is 3.76. The van der Waals surface area contributed by atoms with E-state index in [2.05, 4.69) is 31.0 Å². The van der Waals surface area contributed by atoms with Gasteiger partial charge in [0.05, 0.1) is 0 Å². The summed E-state index contributed by atoms with van der Waals surface area (Å²) in [5.41, 5.74) is 2.22. The molecule has 1 N–H and O–H groups in total. The van der Waals surface area contributed by atoms with Gasteiger partial charge in [0.1, 0.15) is 5.82 Å². The van der Waals surface area contributed by atoms with Crippen LogP contribution in [0.25, 0.3) is 0 Å². The van der Waals surface area contributed by atoms with Crippen molar-refractivity contribution in [2.24, 2.45) is 0 Å². The summed E-state index contributed by atoms with van der Waals surface area (Å²) in [6, 6.07) is 14.7. The van der Waals surface area contributed by atoms with Crippen molar-refractivity contribution in [3.05, 3.63) is 64.4 Å². The first-order chi connectivity index (χ1) is 13.1. The number of piperazine rings is 1. The van der Waals surface area contributed by atoms with E-state index in [1.807, 2.05) is 36.4 Å². The molecule has 0 atom stereocenters. The van der Waals surface area contributed by atoms with Crippen molar-refractivity contribution in [1.29, 1.82) is 0 Å². The first-order valence-electron chi connectivity index (χ1n) is 9.35. The first-order valence-corrected chi connectivity index (χ1v) is 10.1. The molecule has 0 saturated carbocycles. The van der Waals surface area contributed by atoms with Gasteiger partial charge in [0, 0.05) is 55.8 Å². The van der Waals surface area contributed by atoms with E-state index in [1.54, 1.807) is 0 Å². The van der Waals surface area contributed by atoms with E-state index in [9.17, 15) is 9.18 Å². The lowest BCUT2D eigenvalue weighted by atomic mass is 10.1. The summed E-state index contributed by atoms with van der Waals surface area (Å²) < 4.78 is 14.1. The minimum atomic E-state index is -0.201. The fourth-order valence-electron chi connectivity index (χ4n) is 3.27. The highest BCUT2D eigenvalue weighted by Gasteiger charge is 2.17. The van der Waals surface area contributed by atoms with Gasteiger partial charge in [-0.15, -0.1) is 0 Å². The number of hydrogen-bond acceptors (Lipinski definition) is 3. The predicted molar refractivity (Wildman–Crippen MR) is 111 cm³/mol. The van der Waals surface area contributed by atoms with Crippen molar-refractivity contribution in [1.82, 2.24) is 10.2 Å². The number of anilines is 1. The Morgan fingerprint density at radius 2 is 1.74 bits per heavy atom. The molecule has 0 bridgehead atoms. The Bertz CT molecular complexity index is 745. The zero-order chi connectivity index (χ0) is 19.1. The molecule has 27 heavy (non-hydrogen) atoms. The fraction of sp³-hybridized carbons (Fsp3) is 0.381. The van der Waals surface area contributed by atoms with Gasteiger partial charge in [0.15, 0.2) is 0 Å². The molecule has 6 heteroatoms. The summed E-state index contributed by atoms with van der Waals surface area (Å²) in [6.07, 6.45) is 1.24. The molecule has 1 saturated heterocycles. The number of rotatable bonds is 7. The van der Waals surface area contributed by atoms with Crippen LogP contribution >= 0.6 is 15.9 Å². The number of nitrogens with one attached hydrogen (secondary N) is 1. The van der Waals surface area contributed by atoms with Crippen molar-refractivity contribution >= 4 is 27.5 Å². The summed E-state index contributed by atoms with van der Waals surface area (Å²) in [7, 11) is 0. The van der Waals surface area contributed by atoms with Crippen molar-refractivity contribution in [2.75, 3.05) is 44.2 Å². The molecule has 3 rings (SSSR count). The highest BCUT2D eigenvalue weighted by molar-refractivity contribution is 9.10. The van der Waals surface area contributed by atoms with Crippen molar-refractivity contribution < 1.29 is 9.18 Å². The van der Waals surface area contributed by atoms with Crippen LogP contribution in [-0.2, 0) is 11.2 Å². The van der Waals surface area contributed by atoms with Crippen LogP contribution in [0, 0.1) is 5.82 Å². The molecule has 2 aromatic rings. The molecule has 144 valence electrons. The van der Waals surface area contributed by atoms with Gasteiger partial charge in [0.2, 0.25) is 5.91 Å². The molecule has 1 heterocycles. The van der Waals surface area contributed by atoms with E-state index in [0.717, 1.165) is 54.9 Å². The molecule has 0 radical (unpaired) electrons. The van der Waals surface area contributed by atoms with Crippen molar-refractivity contribution in [3.8, 4) is 0 Å². The standard InChI is InChI=1S/C21H25BrFN3O/c22-20-4-2-1-3-17(20)5-10-21(27)24-11-12-25-13-15-26(16-14-25)19-8-6-18(23)7-9-19/h1-4,6-9H,5,10-16H2,(H,24,27). The zero-order valence-electron chi connectivity index (χ0n) is 15.3. The summed E-state index contributed by atoms with van der Waals surface area (Å²) in [6.45, 7) is 5.26. The van der Waals surface area contributed by atoms with Gasteiger partial charge in [-0.25, -0.2) is 4.39 Å². The maximum Gasteiger partial charge on any atom is 0.220 e. The largest absolute Gasteiger partial charge is 0.369 e. The number of carbonyl (C=O) groups excluding carboxylic acids is 1. The number of carbonyl (C=O) groups is 1. The van der Waals surface area contributed by atoms with Gasteiger partial charge in [-0.05, 0) is 42.3 Å². The zero-order valence-corrected chi connectivity index (χ0v) is 16.9. The van der Waals surface area contributed by atoms with Gasteiger partial charge >= 0.3 is 0 Å². The van der Waals surface area contributed by atoms with Crippen LogP contribution in [0.5, 0.6) is 0 Å². The topological polar surface area (TPSA) is 35.6 Å². The smallest absolute Gasteiger partial charge is 0.220 e. The normalized spacial score (nSPS) is 15.0. The van der Waals surface area contributed by atoms with Gasteiger partial charge in [-0.3, -0.25) is 9.69 Å². The first kappa shape index (κ1) is 19.8. The molecule has 1 aliphatic rings. The lowest BCUT2D eigenvalue weighted by molar-refractivity contribution is -0.121. The monoisotopic (exact) mass is 433 g/mol. The molecular weight excluding hydrogens is 409 g/mol. The summed E-state index contributed by atoms with van der Waals surface area (Å²) in [4.78, 5) is 16.7. The number of hydrogen-bond donors (Lipinski definition) is 1. The maximum atomic E-state index is 13.0. The number of benzene rings is 2. The molecule has 0 aromatic heterocycles. The van der Waals surface area contributed by atoms with E-state index in [4.69, 9.17) is 0 Å². The number of nitrogens with zero attached hydrogens (tertiary/aromatic N) is 2. The second-order valence-electron chi connectivity index (χ2n) is 6.75. The Labute approximate surface area is 168 Å². The number of amides is 1. The Kier molecular flexibility index (Phi) is 7.24. The van der Waals surface area contributed by atoms with Crippen LogP contribution in [0.4, 0.5) is 10.1 Å². The third kappa shape index (κ3) is 6.04. The highest BCUT2D eigenvalue weighted by Crippen LogP contribution is 2.18. The molecule has 1 aliphatic heterocycles. The average Bonchev–Trinajstić information content (AvgIpc) is 2.69. The molecule has 1 fully saturated rings. The summed E-state index contributed by atoms with van der Waals surface area (Å²) in [5.74, 6) is -0.108. The molecule has 0 spiro atoms. The maximum absolute atomic E-state index is 13.0. The molecular formula is C21H25BrFN3O. The second kappa shape index (κ2) is 9.85. The van der Waals surface area contributed by atoms with Gasteiger partial charge < -0.3 is 10.2 Å². The Morgan fingerprint density at radius 1 is 1.04 bits per heavy atom. The van der Waals surface area contributed by atoms with Crippen molar-refractivity contribution in [3.63, 3.8) is 0 Å². The Morgan fingerprint density at radius 3 is 2.44 bits per heavy atom. The number of halogens is 2. The Hall–Kier alpha value is -1.92. The van der Waals surface area contributed by atoms with Crippen LogP contribution in [0.1, 0.15) is 12.0 Å². The average molecular weight is 434 g/mol. The molecule has 2 aromatic carbocycles. The van der Waals surface area contributed by atoms with Crippen LogP contribution in [-0.4, -0.2) is 50.1 Å². The van der Waals surface area contributed by atoms with Gasteiger partial charge in [0.25, 0.3) is 0 Å². The molecule has 1 amide bonds. The SMILES string of the molecule is O=C(CCc1ccccc1Br)NCCN1CCN(c2ccc(F)cc2)CC1. The van der Waals surface area contributed by atoms with Gasteiger partial charge in [-0.1, -0.05) is 34.1 Å². The van der Waals surface area contributed by atoms with Crippen LogP contribution in [0.15, 0.2) is 53.0 Å². The van der Waals surface area contributed by atoms with Gasteiger partial charge in [-0.2, -0.15) is 0 Å². The molecule has 4 nitrogen and oxygen atoms in total. The highest BCUT2D eigenvalue weighted by atomic mass is 79.9. The van der Waals surface area contributed by atoms with E-state index < -0.39 is 0 Å². The van der Waals surface area contributed by atoms with Crippen molar-refractivity contribution in [2.45, 2.75) is 12.8 Å².